The van der Waals surface area contributed by atoms with Crippen molar-refractivity contribution in [3.05, 3.63) is 23.8 Å². The number of hydrogen-bond acceptors (Lipinski definition) is 4. The molecule has 1 aromatic carbocycles. The largest absolute Gasteiger partial charge is 0.490 e. The molecule has 0 saturated carbocycles. The van der Waals surface area contributed by atoms with Crippen LogP contribution in [0.25, 0.3) is 0 Å². The van der Waals surface area contributed by atoms with Gasteiger partial charge in [0.15, 0.2) is 11.5 Å². The Balaban J connectivity index is 1.97. The van der Waals surface area contributed by atoms with Crippen LogP contribution in [0.1, 0.15) is 12.5 Å². The van der Waals surface area contributed by atoms with Gasteiger partial charge in [-0.05, 0) is 25.5 Å². The molecule has 1 saturated heterocycles. The molecule has 0 radical (unpaired) electrons. The minimum atomic E-state index is 0.119. The van der Waals surface area contributed by atoms with Crippen LogP contribution >= 0.6 is 0 Å². The molecule has 0 bridgehead atoms. The van der Waals surface area contributed by atoms with Crippen molar-refractivity contribution in [1.82, 2.24) is 5.32 Å². The van der Waals surface area contributed by atoms with Crippen LogP contribution in [0.3, 0.4) is 0 Å². The Bertz CT molecular complexity index is 375. The summed E-state index contributed by atoms with van der Waals surface area (Å²) in [4.78, 5) is 0. The van der Waals surface area contributed by atoms with Gasteiger partial charge in [-0.3, -0.25) is 0 Å². The molecule has 100 valence electrons. The highest BCUT2D eigenvalue weighted by Crippen LogP contribution is 2.30. The van der Waals surface area contributed by atoms with Crippen LogP contribution in [-0.4, -0.2) is 39.0 Å². The molecule has 4 heteroatoms. The molecule has 1 N–H and O–H groups in total. The Hall–Kier alpha value is -1.26. The number of para-hydroxylation sites is 1. The van der Waals surface area contributed by atoms with E-state index in [0.29, 0.717) is 13.2 Å². The van der Waals surface area contributed by atoms with Crippen molar-refractivity contribution in [2.75, 3.05) is 32.9 Å². The molecule has 1 aliphatic rings. The first-order valence-corrected chi connectivity index (χ1v) is 6.48. The van der Waals surface area contributed by atoms with Gasteiger partial charge in [-0.15, -0.1) is 0 Å². The molecule has 0 amide bonds. The Morgan fingerprint density at radius 1 is 1.39 bits per heavy atom. The molecular formula is C14H21NO3. The van der Waals surface area contributed by atoms with E-state index in [4.69, 9.17) is 14.2 Å². The molecular weight excluding hydrogens is 230 g/mol. The Kier molecular flexibility index (Phi) is 4.84. The van der Waals surface area contributed by atoms with Gasteiger partial charge in [0, 0.05) is 13.1 Å². The maximum absolute atomic E-state index is 5.82. The fourth-order valence-electron chi connectivity index (χ4n) is 1.98. The van der Waals surface area contributed by atoms with Crippen molar-refractivity contribution in [3.8, 4) is 11.5 Å². The molecule has 0 aromatic heterocycles. The molecule has 4 nitrogen and oxygen atoms in total. The van der Waals surface area contributed by atoms with Crippen molar-refractivity contribution < 1.29 is 14.2 Å². The van der Waals surface area contributed by atoms with E-state index in [2.05, 4.69) is 5.32 Å². The fraction of sp³-hybridized carbons (Fsp3) is 0.571. The lowest BCUT2D eigenvalue weighted by atomic mass is 10.2. The maximum Gasteiger partial charge on any atom is 0.164 e. The van der Waals surface area contributed by atoms with Crippen LogP contribution in [0.4, 0.5) is 0 Å². The highest BCUT2D eigenvalue weighted by Gasteiger charge is 2.15. The normalized spacial score (nSPS) is 19.6. The molecule has 2 rings (SSSR count). The first-order chi connectivity index (χ1) is 8.81. The second-order valence-electron chi connectivity index (χ2n) is 4.34. The van der Waals surface area contributed by atoms with Gasteiger partial charge in [0.1, 0.15) is 12.7 Å². The third-order valence-corrected chi connectivity index (χ3v) is 2.89. The Labute approximate surface area is 108 Å². The summed E-state index contributed by atoms with van der Waals surface area (Å²) in [5.74, 6) is 1.63. The van der Waals surface area contributed by atoms with Gasteiger partial charge >= 0.3 is 0 Å². The van der Waals surface area contributed by atoms with Gasteiger partial charge < -0.3 is 19.5 Å². The summed E-state index contributed by atoms with van der Waals surface area (Å²) in [6, 6.07) is 5.94. The van der Waals surface area contributed by atoms with E-state index in [1.54, 1.807) is 0 Å². The summed E-state index contributed by atoms with van der Waals surface area (Å²) in [7, 11) is 0. The molecule has 1 aliphatic heterocycles. The van der Waals surface area contributed by atoms with Crippen LogP contribution in [0.15, 0.2) is 18.2 Å². The quantitative estimate of drug-likeness (QED) is 0.865. The summed E-state index contributed by atoms with van der Waals surface area (Å²) in [5, 5.41) is 3.29. The minimum absolute atomic E-state index is 0.119. The zero-order valence-electron chi connectivity index (χ0n) is 11.1. The highest BCUT2D eigenvalue weighted by atomic mass is 16.5. The SMILES string of the molecule is CCOc1c(C)cccc1OCC1CNCCO1. The first kappa shape index (κ1) is 13.2. The van der Waals surface area contributed by atoms with E-state index >= 15 is 0 Å². The Morgan fingerprint density at radius 3 is 3.00 bits per heavy atom. The van der Waals surface area contributed by atoms with Gasteiger partial charge in [0.25, 0.3) is 0 Å². The molecule has 1 fully saturated rings. The fourth-order valence-corrected chi connectivity index (χ4v) is 1.98. The zero-order chi connectivity index (χ0) is 12.8. The van der Waals surface area contributed by atoms with Crippen LogP contribution < -0.4 is 14.8 Å². The van der Waals surface area contributed by atoms with Crippen molar-refractivity contribution in [1.29, 1.82) is 0 Å². The topological polar surface area (TPSA) is 39.7 Å². The van der Waals surface area contributed by atoms with E-state index in [9.17, 15) is 0 Å². The average molecular weight is 251 g/mol. The number of nitrogens with one attached hydrogen (secondary N) is 1. The van der Waals surface area contributed by atoms with Crippen LogP contribution in [0.5, 0.6) is 11.5 Å². The summed E-state index contributed by atoms with van der Waals surface area (Å²) in [6.45, 7) is 7.71. The monoisotopic (exact) mass is 251 g/mol. The van der Waals surface area contributed by atoms with Crippen molar-refractivity contribution >= 4 is 0 Å². The second-order valence-corrected chi connectivity index (χ2v) is 4.34. The van der Waals surface area contributed by atoms with E-state index in [1.807, 2.05) is 32.0 Å². The van der Waals surface area contributed by atoms with Crippen molar-refractivity contribution in [2.24, 2.45) is 0 Å². The van der Waals surface area contributed by atoms with E-state index in [-0.39, 0.29) is 6.10 Å². The van der Waals surface area contributed by atoms with Crippen molar-refractivity contribution in [2.45, 2.75) is 20.0 Å². The lowest BCUT2D eigenvalue weighted by Crippen LogP contribution is -2.41. The molecule has 18 heavy (non-hydrogen) atoms. The van der Waals surface area contributed by atoms with E-state index < -0.39 is 0 Å². The summed E-state index contributed by atoms with van der Waals surface area (Å²) in [6.07, 6.45) is 0.119. The number of ether oxygens (including phenoxy) is 3. The maximum atomic E-state index is 5.82. The minimum Gasteiger partial charge on any atom is -0.490 e. The summed E-state index contributed by atoms with van der Waals surface area (Å²) < 4.78 is 17.0. The number of aryl methyl sites for hydroxylation is 1. The number of morpholine rings is 1. The molecule has 1 unspecified atom stereocenters. The summed E-state index contributed by atoms with van der Waals surface area (Å²) in [5.41, 5.74) is 1.09. The molecule has 1 aromatic rings. The lowest BCUT2D eigenvalue weighted by Gasteiger charge is -2.24. The number of rotatable bonds is 5. The van der Waals surface area contributed by atoms with Gasteiger partial charge in [-0.25, -0.2) is 0 Å². The highest BCUT2D eigenvalue weighted by molar-refractivity contribution is 5.45. The van der Waals surface area contributed by atoms with Crippen LogP contribution in [-0.2, 0) is 4.74 Å². The van der Waals surface area contributed by atoms with Gasteiger partial charge in [-0.2, -0.15) is 0 Å². The summed E-state index contributed by atoms with van der Waals surface area (Å²) >= 11 is 0. The van der Waals surface area contributed by atoms with Crippen LogP contribution in [0.2, 0.25) is 0 Å². The third-order valence-electron chi connectivity index (χ3n) is 2.89. The van der Waals surface area contributed by atoms with Crippen molar-refractivity contribution in [3.63, 3.8) is 0 Å². The van der Waals surface area contributed by atoms with Gasteiger partial charge in [0.2, 0.25) is 0 Å². The predicted octanol–water partition coefficient (Wildman–Crippen LogP) is 1.76. The smallest absolute Gasteiger partial charge is 0.164 e. The molecule has 1 atom stereocenters. The number of hydrogen-bond donors (Lipinski definition) is 1. The van der Waals surface area contributed by atoms with Gasteiger partial charge in [-0.1, -0.05) is 12.1 Å². The second kappa shape index (κ2) is 6.61. The van der Waals surface area contributed by atoms with E-state index in [0.717, 1.165) is 36.8 Å². The van der Waals surface area contributed by atoms with E-state index in [1.165, 1.54) is 0 Å². The lowest BCUT2D eigenvalue weighted by molar-refractivity contribution is -0.000370. The first-order valence-electron chi connectivity index (χ1n) is 6.48. The average Bonchev–Trinajstić information content (AvgIpc) is 2.41. The Morgan fingerprint density at radius 2 is 2.28 bits per heavy atom. The predicted molar refractivity (Wildman–Crippen MR) is 70.5 cm³/mol. The molecule has 1 heterocycles. The molecule has 0 spiro atoms. The third kappa shape index (κ3) is 3.37. The number of benzene rings is 1. The zero-order valence-corrected chi connectivity index (χ0v) is 11.1. The van der Waals surface area contributed by atoms with Gasteiger partial charge in [0.05, 0.1) is 13.2 Å². The standard InChI is InChI=1S/C14H21NO3/c1-3-16-14-11(2)5-4-6-13(14)18-10-12-9-15-7-8-17-12/h4-6,12,15H,3,7-10H2,1-2H3. The molecule has 0 aliphatic carbocycles. The van der Waals surface area contributed by atoms with Crippen LogP contribution in [0, 0.1) is 6.92 Å².